The molecule has 0 aliphatic heterocycles. The Bertz CT molecular complexity index is 1720. The van der Waals surface area contributed by atoms with Gasteiger partial charge in [-0.05, 0) is 64.6 Å². The molecular weight excluding hydrogens is 685 g/mol. The minimum atomic E-state index is -1.26. The third kappa shape index (κ3) is 11.7. The number of pyridine rings is 1. The summed E-state index contributed by atoms with van der Waals surface area (Å²) < 4.78 is 20.2. The van der Waals surface area contributed by atoms with E-state index in [1.165, 1.54) is 0 Å². The van der Waals surface area contributed by atoms with Crippen molar-refractivity contribution in [3.63, 3.8) is 0 Å². The van der Waals surface area contributed by atoms with Crippen LogP contribution in [0.25, 0.3) is 28.0 Å². The summed E-state index contributed by atoms with van der Waals surface area (Å²) in [5.74, 6) is 1.12. The van der Waals surface area contributed by atoms with Crippen molar-refractivity contribution >= 4 is 33.7 Å². The molecule has 0 atom stereocenters. The summed E-state index contributed by atoms with van der Waals surface area (Å²) in [6, 6.07) is 18.8. The van der Waals surface area contributed by atoms with E-state index in [2.05, 4.69) is 79.8 Å². The van der Waals surface area contributed by atoms with E-state index in [4.69, 9.17) is 29.3 Å². The molecule has 1 saturated carbocycles. The Hall–Kier alpha value is -3.59. The van der Waals surface area contributed by atoms with Crippen LogP contribution in [-0.4, -0.2) is 80.1 Å². The van der Waals surface area contributed by atoms with Crippen LogP contribution in [0.2, 0.25) is 51.4 Å². The number of hydrogen-bond acceptors (Lipinski definition) is 8. The minimum absolute atomic E-state index is 0.0741. The lowest BCUT2D eigenvalue weighted by Gasteiger charge is -2.31. The number of hydrogen-bond donors (Lipinski definition) is 1. The summed E-state index contributed by atoms with van der Waals surface area (Å²) >= 11 is 0. The summed E-state index contributed by atoms with van der Waals surface area (Å²) in [5, 5.41) is 8.01. The molecular formula is C40H60N6O4Si2. The van der Waals surface area contributed by atoms with E-state index in [-0.39, 0.29) is 18.1 Å². The van der Waals surface area contributed by atoms with Crippen LogP contribution < -0.4 is 10.2 Å². The van der Waals surface area contributed by atoms with Crippen LogP contribution in [0, 0.1) is 0 Å². The van der Waals surface area contributed by atoms with Gasteiger partial charge in [-0.1, -0.05) is 75.7 Å². The summed E-state index contributed by atoms with van der Waals surface area (Å²) in [4.78, 5) is 24.8. The van der Waals surface area contributed by atoms with E-state index in [9.17, 15) is 4.79 Å². The van der Waals surface area contributed by atoms with Gasteiger partial charge < -0.3 is 24.4 Å². The van der Waals surface area contributed by atoms with Gasteiger partial charge in [-0.15, -0.1) is 0 Å². The molecule has 5 rings (SSSR count). The molecule has 282 valence electrons. The van der Waals surface area contributed by atoms with Gasteiger partial charge >= 0.3 is 6.09 Å². The fraction of sp³-hybridized carbons (Fsp3) is 0.550. The van der Waals surface area contributed by atoms with E-state index in [1.807, 2.05) is 55.9 Å². The number of ether oxygens (including phenoxy) is 3. The zero-order valence-corrected chi connectivity index (χ0v) is 34.9. The molecule has 3 aromatic heterocycles. The molecule has 1 fully saturated rings. The highest BCUT2D eigenvalue weighted by molar-refractivity contribution is 6.76. The quantitative estimate of drug-likeness (QED) is 0.0730. The first kappa shape index (κ1) is 39.6. The molecule has 1 aliphatic rings. The van der Waals surface area contributed by atoms with Crippen molar-refractivity contribution < 1.29 is 19.0 Å². The van der Waals surface area contributed by atoms with Crippen molar-refractivity contribution in [3.8, 4) is 22.4 Å². The van der Waals surface area contributed by atoms with Crippen LogP contribution in [0.3, 0.4) is 0 Å². The highest BCUT2D eigenvalue weighted by Crippen LogP contribution is 2.36. The van der Waals surface area contributed by atoms with Crippen molar-refractivity contribution in [1.29, 1.82) is 0 Å². The van der Waals surface area contributed by atoms with Gasteiger partial charge in [0, 0.05) is 76.0 Å². The molecule has 0 spiro atoms. The highest BCUT2D eigenvalue weighted by Gasteiger charge is 2.28. The normalized spacial score (nSPS) is 16.9. The third-order valence-electron chi connectivity index (χ3n) is 9.29. The lowest BCUT2D eigenvalue weighted by molar-refractivity contribution is 0.0491. The average Bonchev–Trinajstić information content (AvgIpc) is 3.50. The van der Waals surface area contributed by atoms with Crippen molar-refractivity contribution in [2.24, 2.45) is 0 Å². The Balaban J connectivity index is 1.47. The number of amides is 1. The van der Waals surface area contributed by atoms with Gasteiger partial charge in [0.2, 0.25) is 0 Å². The molecule has 1 N–H and O–H groups in total. The van der Waals surface area contributed by atoms with Gasteiger partial charge in [0.25, 0.3) is 0 Å². The molecule has 52 heavy (non-hydrogen) atoms. The lowest BCUT2D eigenvalue weighted by atomic mass is 9.84. The number of nitrogens with zero attached hydrogens (tertiary/aromatic N) is 5. The molecule has 1 aromatic carbocycles. The standard InChI is InChI=1S/C40H60N6O4Si2/c1-40(2,3)50-39(47)43-33-18-15-31(16-19-33)36-25-37(45(28-48-21-23-51(4,5)6)29-49-22-24-52(7,8)9)46-38(44-36)34(27-42-46)32-17-20-35(41-26-32)30-13-11-10-12-14-30/h10-14,17,20,25-27,31,33H,15-16,18-19,21-24,28-29H2,1-9H3,(H,43,47). The molecule has 0 bridgehead atoms. The van der Waals surface area contributed by atoms with Crippen molar-refractivity contribution in [3.05, 3.63) is 66.6 Å². The Morgan fingerprint density at radius 3 is 2.06 bits per heavy atom. The first-order valence-electron chi connectivity index (χ1n) is 18.9. The fourth-order valence-electron chi connectivity index (χ4n) is 6.22. The number of rotatable bonds is 15. The summed E-state index contributed by atoms with van der Waals surface area (Å²) in [6.07, 6.45) is 6.97. The molecule has 12 heteroatoms. The molecule has 0 saturated heterocycles. The maximum Gasteiger partial charge on any atom is 0.407 e. The second-order valence-electron chi connectivity index (χ2n) is 17.6. The second kappa shape index (κ2) is 17.0. The van der Waals surface area contributed by atoms with Crippen LogP contribution in [-0.2, 0) is 14.2 Å². The molecule has 0 unspecified atom stereocenters. The van der Waals surface area contributed by atoms with Gasteiger partial charge in [-0.3, -0.25) is 4.98 Å². The number of anilines is 1. The zero-order valence-electron chi connectivity index (χ0n) is 32.9. The molecule has 1 amide bonds. The second-order valence-corrected chi connectivity index (χ2v) is 28.8. The SMILES string of the molecule is CC(C)(C)OC(=O)NC1CCC(c2cc(N(COCC[Si](C)(C)C)COCC[Si](C)(C)C)n3ncc(-c4ccc(-c5ccccc5)nc4)c3n2)CC1. The van der Waals surface area contributed by atoms with E-state index in [1.54, 1.807) is 0 Å². The lowest BCUT2D eigenvalue weighted by Crippen LogP contribution is -2.40. The van der Waals surface area contributed by atoms with Crippen LogP contribution in [0.5, 0.6) is 0 Å². The fourth-order valence-corrected chi connectivity index (χ4v) is 7.73. The highest BCUT2D eigenvalue weighted by atomic mass is 28.3. The minimum Gasteiger partial charge on any atom is -0.444 e. The number of alkyl carbamates (subject to hydrolysis) is 1. The average molecular weight is 745 g/mol. The largest absolute Gasteiger partial charge is 0.444 e. The van der Waals surface area contributed by atoms with Crippen molar-refractivity contribution in [2.75, 3.05) is 31.6 Å². The number of fused-ring (bicyclic) bond motifs is 1. The molecule has 0 radical (unpaired) electrons. The van der Waals surface area contributed by atoms with Gasteiger partial charge in [0.1, 0.15) is 24.9 Å². The zero-order chi connectivity index (χ0) is 37.5. The van der Waals surface area contributed by atoms with E-state index in [0.717, 1.165) is 77.3 Å². The Morgan fingerprint density at radius 1 is 0.865 bits per heavy atom. The van der Waals surface area contributed by atoms with Gasteiger partial charge in [0.15, 0.2) is 5.65 Å². The number of benzene rings is 1. The maximum absolute atomic E-state index is 12.5. The van der Waals surface area contributed by atoms with Gasteiger partial charge in [-0.25, -0.2) is 9.78 Å². The molecule has 3 heterocycles. The number of aromatic nitrogens is 4. The van der Waals surface area contributed by atoms with E-state index < -0.39 is 21.7 Å². The van der Waals surface area contributed by atoms with Gasteiger partial charge in [0.05, 0.1) is 11.9 Å². The maximum atomic E-state index is 12.5. The van der Waals surface area contributed by atoms with E-state index in [0.29, 0.717) is 26.7 Å². The number of nitrogens with one attached hydrogen (secondary N) is 1. The van der Waals surface area contributed by atoms with Crippen LogP contribution in [0.1, 0.15) is 58.1 Å². The molecule has 1 aliphatic carbocycles. The summed E-state index contributed by atoms with van der Waals surface area (Å²) in [5.41, 5.74) is 5.15. The predicted molar refractivity (Wildman–Crippen MR) is 216 cm³/mol. The molecule has 4 aromatic rings. The van der Waals surface area contributed by atoms with Crippen molar-refractivity contribution in [2.45, 2.75) is 115 Å². The number of carbonyl (C=O) groups excluding carboxylic acids is 1. The Labute approximate surface area is 312 Å². The van der Waals surface area contributed by atoms with Gasteiger partial charge in [-0.2, -0.15) is 9.61 Å². The summed E-state index contributed by atoms with van der Waals surface area (Å²) in [6.45, 7) is 22.1. The smallest absolute Gasteiger partial charge is 0.407 e. The first-order chi connectivity index (χ1) is 24.5. The topological polar surface area (TPSA) is 103 Å². The first-order valence-corrected chi connectivity index (χ1v) is 26.3. The Morgan fingerprint density at radius 2 is 1.50 bits per heavy atom. The molecule has 10 nitrogen and oxygen atoms in total. The van der Waals surface area contributed by atoms with Crippen LogP contribution >= 0.6 is 0 Å². The van der Waals surface area contributed by atoms with E-state index >= 15 is 0 Å². The predicted octanol–water partition coefficient (Wildman–Crippen LogP) is 9.44. The van der Waals surface area contributed by atoms with Crippen LogP contribution in [0.4, 0.5) is 10.6 Å². The number of carbonyl (C=O) groups is 1. The van der Waals surface area contributed by atoms with Crippen LogP contribution in [0.15, 0.2) is 60.9 Å². The third-order valence-corrected chi connectivity index (χ3v) is 12.7. The Kier molecular flexibility index (Phi) is 13.0. The van der Waals surface area contributed by atoms with Crippen molar-refractivity contribution in [1.82, 2.24) is 24.9 Å². The monoisotopic (exact) mass is 744 g/mol. The summed E-state index contributed by atoms with van der Waals surface area (Å²) in [7, 11) is -2.52.